The zero-order valence-electron chi connectivity index (χ0n) is 12.8. The second kappa shape index (κ2) is 6.06. The summed E-state index contributed by atoms with van der Waals surface area (Å²) in [4.78, 5) is 14.5. The van der Waals surface area contributed by atoms with E-state index in [2.05, 4.69) is 29.3 Å². The summed E-state index contributed by atoms with van der Waals surface area (Å²) in [7, 11) is 1.67. The number of carbonyl (C=O) groups excluding carboxylic acids is 1. The summed E-state index contributed by atoms with van der Waals surface area (Å²) in [5.41, 5.74) is 1.22. The van der Waals surface area contributed by atoms with Crippen LogP contribution < -0.4 is 10.1 Å². The van der Waals surface area contributed by atoms with Crippen molar-refractivity contribution in [1.29, 1.82) is 0 Å². The number of likely N-dealkylation sites (tertiary alicyclic amines) is 1. The lowest BCUT2D eigenvalue weighted by Crippen LogP contribution is -2.40. The molecule has 3 rings (SSSR count). The average Bonchev–Trinajstić information content (AvgIpc) is 3.30. The van der Waals surface area contributed by atoms with E-state index in [1.54, 1.807) is 7.11 Å². The van der Waals surface area contributed by atoms with Crippen LogP contribution in [0, 0.1) is 0 Å². The second-order valence-electron chi connectivity index (χ2n) is 6.00. The molecular weight excluding hydrogens is 264 g/mol. The number of carbonyl (C=O) groups is 1. The molecule has 1 aromatic carbocycles. The molecule has 0 spiro atoms. The van der Waals surface area contributed by atoms with Gasteiger partial charge in [-0.25, -0.2) is 0 Å². The van der Waals surface area contributed by atoms with E-state index in [-0.39, 0.29) is 12.1 Å². The normalized spacial score (nSPS) is 23.4. The van der Waals surface area contributed by atoms with Crippen molar-refractivity contribution in [2.24, 2.45) is 0 Å². The summed E-state index contributed by atoms with van der Waals surface area (Å²) in [6.07, 6.45) is 4.28. The van der Waals surface area contributed by atoms with Gasteiger partial charge in [0.1, 0.15) is 5.75 Å². The third kappa shape index (κ3) is 3.05. The number of amides is 1. The highest BCUT2D eigenvalue weighted by atomic mass is 16.5. The monoisotopic (exact) mass is 288 g/mol. The number of methoxy groups -OCH3 is 1. The number of nitrogens with zero attached hydrogens (tertiary/aromatic N) is 1. The molecule has 1 aliphatic heterocycles. The van der Waals surface area contributed by atoms with Crippen LogP contribution in [0.15, 0.2) is 24.3 Å². The van der Waals surface area contributed by atoms with Crippen LogP contribution in [0.1, 0.15) is 44.2 Å². The van der Waals surface area contributed by atoms with Gasteiger partial charge in [0.2, 0.25) is 5.91 Å². The Labute approximate surface area is 126 Å². The number of rotatable bonds is 6. The molecule has 114 valence electrons. The van der Waals surface area contributed by atoms with Crippen molar-refractivity contribution in [3.8, 4) is 5.75 Å². The summed E-state index contributed by atoms with van der Waals surface area (Å²) in [6, 6.07) is 8.86. The first-order chi connectivity index (χ1) is 10.2. The van der Waals surface area contributed by atoms with Crippen molar-refractivity contribution in [2.45, 2.75) is 50.7 Å². The van der Waals surface area contributed by atoms with Crippen LogP contribution in [0.25, 0.3) is 0 Å². The highest BCUT2D eigenvalue weighted by Crippen LogP contribution is 2.31. The van der Waals surface area contributed by atoms with E-state index < -0.39 is 0 Å². The Balaban J connectivity index is 1.65. The van der Waals surface area contributed by atoms with Gasteiger partial charge >= 0.3 is 0 Å². The molecule has 0 aromatic heterocycles. The smallest absolute Gasteiger partial charge is 0.240 e. The Hall–Kier alpha value is -1.55. The fourth-order valence-corrected chi connectivity index (χ4v) is 3.13. The molecule has 1 amide bonds. The molecule has 4 nitrogen and oxygen atoms in total. The van der Waals surface area contributed by atoms with E-state index in [4.69, 9.17) is 4.74 Å². The molecule has 2 fully saturated rings. The summed E-state index contributed by atoms with van der Waals surface area (Å²) < 4.78 is 5.20. The standard InChI is InChI=1S/C17H24N2O2/c1-3-15(12-4-8-14(21-2)9-5-12)18-16-10-11-19(17(16)20)13-6-7-13/h4-5,8-9,13,15-16,18H,3,6-7,10-11H2,1-2H3. The molecular formula is C17H24N2O2. The van der Waals surface area contributed by atoms with Crippen LogP contribution in [0.4, 0.5) is 0 Å². The van der Waals surface area contributed by atoms with E-state index >= 15 is 0 Å². The number of hydrogen-bond donors (Lipinski definition) is 1. The van der Waals surface area contributed by atoms with Crippen molar-refractivity contribution in [2.75, 3.05) is 13.7 Å². The van der Waals surface area contributed by atoms with Gasteiger partial charge in [0.05, 0.1) is 13.2 Å². The predicted octanol–water partition coefficient (Wildman–Crippen LogP) is 2.50. The number of nitrogens with one attached hydrogen (secondary N) is 1. The van der Waals surface area contributed by atoms with Crippen LogP contribution in [-0.2, 0) is 4.79 Å². The molecule has 1 N–H and O–H groups in total. The van der Waals surface area contributed by atoms with Crippen LogP contribution >= 0.6 is 0 Å². The molecule has 21 heavy (non-hydrogen) atoms. The summed E-state index contributed by atoms with van der Waals surface area (Å²) >= 11 is 0. The fourth-order valence-electron chi connectivity index (χ4n) is 3.13. The maximum absolute atomic E-state index is 12.4. The second-order valence-corrected chi connectivity index (χ2v) is 6.00. The maximum atomic E-state index is 12.4. The Morgan fingerprint density at radius 1 is 1.29 bits per heavy atom. The number of hydrogen-bond acceptors (Lipinski definition) is 3. The lowest BCUT2D eigenvalue weighted by atomic mass is 10.0. The Morgan fingerprint density at radius 3 is 2.57 bits per heavy atom. The van der Waals surface area contributed by atoms with Gasteiger partial charge in [-0.2, -0.15) is 0 Å². The van der Waals surface area contributed by atoms with Crippen molar-refractivity contribution in [3.05, 3.63) is 29.8 Å². The first kappa shape index (κ1) is 14.4. The fraction of sp³-hybridized carbons (Fsp3) is 0.588. The lowest BCUT2D eigenvalue weighted by Gasteiger charge is -2.22. The van der Waals surface area contributed by atoms with Crippen LogP contribution in [0.2, 0.25) is 0 Å². The summed E-state index contributed by atoms with van der Waals surface area (Å²) in [5.74, 6) is 1.16. The SMILES string of the molecule is CCC(NC1CCN(C2CC2)C1=O)c1ccc(OC)cc1. The topological polar surface area (TPSA) is 41.6 Å². The lowest BCUT2D eigenvalue weighted by molar-refractivity contribution is -0.130. The zero-order chi connectivity index (χ0) is 14.8. The van der Waals surface area contributed by atoms with E-state index in [1.807, 2.05) is 12.1 Å². The van der Waals surface area contributed by atoms with Crippen molar-refractivity contribution in [1.82, 2.24) is 10.2 Å². The minimum absolute atomic E-state index is 0.0161. The zero-order valence-corrected chi connectivity index (χ0v) is 12.8. The van der Waals surface area contributed by atoms with E-state index in [1.165, 1.54) is 18.4 Å². The van der Waals surface area contributed by atoms with Gasteiger partial charge in [0, 0.05) is 18.6 Å². The largest absolute Gasteiger partial charge is 0.497 e. The van der Waals surface area contributed by atoms with E-state index in [0.717, 1.165) is 25.1 Å². The minimum atomic E-state index is -0.0161. The van der Waals surface area contributed by atoms with Crippen LogP contribution in [-0.4, -0.2) is 36.5 Å². The molecule has 0 radical (unpaired) electrons. The van der Waals surface area contributed by atoms with Gasteiger partial charge in [-0.1, -0.05) is 19.1 Å². The van der Waals surface area contributed by atoms with Crippen molar-refractivity contribution >= 4 is 5.91 Å². The molecule has 1 saturated heterocycles. The minimum Gasteiger partial charge on any atom is -0.497 e. The molecule has 1 heterocycles. The molecule has 2 atom stereocenters. The van der Waals surface area contributed by atoms with Gasteiger partial charge in [0.15, 0.2) is 0 Å². The van der Waals surface area contributed by atoms with Crippen LogP contribution in [0.5, 0.6) is 5.75 Å². The molecule has 4 heteroatoms. The third-order valence-electron chi connectivity index (χ3n) is 4.56. The molecule has 1 aromatic rings. The Morgan fingerprint density at radius 2 is 2.00 bits per heavy atom. The average molecular weight is 288 g/mol. The van der Waals surface area contributed by atoms with Gasteiger partial charge in [-0.15, -0.1) is 0 Å². The first-order valence-electron chi connectivity index (χ1n) is 7.93. The highest BCUT2D eigenvalue weighted by molar-refractivity contribution is 5.84. The van der Waals surface area contributed by atoms with Crippen molar-refractivity contribution < 1.29 is 9.53 Å². The Kier molecular flexibility index (Phi) is 4.15. The maximum Gasteiger partial charge on any atom is 0.240 e. The third-order valence-corrected chi connectivity index (χ3v) is 4.56. The quantitative estimate of drug-likeness (QED) is 0.874. The first-order valence-corrected chi connectivity index (χ1v) is 7.93. The van der Waals surface area contributed by atoms with Gasteiger partial charge < -0.3 is 9.64 Å². The molecule has 1 saturated carbocycles. The number of ether oxygens (including phenoxy) is 1. The van der Waals surface area contributed by atoms with E-state index in [0.29, 0.717) is 11.9 Å². The Bertz CT molecular complexity index is 496. The van der Waals surface area contributed by atoms with Gasteiger partial charge in [-0.05, 0) is 43.4 Å². The molecule has 0 bridgehead atoms. The molecule has 2 aliphatic rings. The predicted molar refractivity (Wildman–Crippen MR) is 82.3 cm³/mol. The van der Waals surface area contributed by atoms with Crippen LogP contribution in [0.3, 0.4) is 0 Å². The van der Waals surface area contributed by atoms with Gasteiger partial charge in [0.25, 0.3) is 0 Å². The highest BCUT2D eigenvalue weighted by Gasteiger charge is 2.40. The number of benzene rings is 1. The van der Waals surface area contributed by atoms with E-state index in [9.17, 15) is 4.79 Å². The van der Waals surface area contributed by atoms with Gasteiger partial charge in [-0.3, -0.25) is 10.1 Å². The van der Waals surface area contributed by atoms with Crippen molar-refractivity contribution in [3.63, 3.8) is 0 Å². The molecule has 1 aliphatic carbocycles. The summed E-state index contributed by atoms with van der Waals surface area (Å²) in [5, 5.41) is 3.55. The molecule has 2 unspecified atom stereocenters. The summed E-state index contributed by atoms with van der Waals surface area (Å²) in [6.45, 7) is 3.07.